The number of aromatic nitrogens is 3. The lowest BCUT2D eigenvalue weighted by Crippen LogP contribution is -2.56. The van der Waals surface area contributed by atoms with Crippen LogP contribution in [0.3, 0.4) is 0 Å². The summed E-state index contributed by atoms with van der Waals surface area (Å²) in [7, 11) is 0. The number of alkyl halides is 1. The molecule has 0 radical (unpaired) electrons. The summed E-state index contributed by atoms with van der Waals surface area (Å²) in [4.78, 5) is 32.5. The standard InChI is InChI=1S/C22H26ClN5O5/c23-14-10-28(18-15(29)11-32-19(14)18)22(31)17(12-4-2-1-3-5-12)27-20(30)16-9-24-21(33-16)13-6-7-25-26-8-13/h6-9,12,14-15,17-19,29H,1-5,10-11H2,(H,27,30)/t14-,15-,17-,18+,19+/m0/s1. The lowest BCUT2D eigenvalue weighted by atomic mass is 9.83. The number of fused-ring (bicyclic) bond motifs is 1. The van der Waals surface area contributed by atoms with Crippen LogP contribution in [-0.4, -0.2) is 79.8 Å². The molecule has 2 amide bonds. The Hall–Kier alpha value is -2.56. The monoisotopic (exact) mass is 475 g/mol. The van der Waals surface area contributed by atoms with Gasteiger partial charge in [0.2, 0.25) is 17.6 Å². The van der Waals surface area contributed by atoms with Gasteiger partial charge in [0.25, 0.3) is 5.91 Å². The Morgan fingerprint density at radius 3 is 2.79 bits per heavy atom. The largest absolute Gasteiger partial charge is 0.431 e. The van der Waals surface area contributed by atoms with Crippen LogP contribution in [0.2, 0.25) is 0 Å². The van der Waals surface area contributed by atoms with Gasteiger partial charge in [0.05, 0.1) is 48.3 Å². The molecule has 3 fully saturated rings. The van der Waals surface area contributed by atoms with E-state index < -0.39 is 35.6 Å². The molecule has 0 unspecified atom stereocenters. The molecule has 176 valence electrons. The molecule has 2 saturated heterocycles. The number of hydrogen-bond acceptors (Lipinski definition) is 8. The van der Waals surface area contributed by atoms with Crippen molar-refractivity contribution in [3.63, 3.8) is 0 Å². The molecule has 2 aliphatic heterocycles. The number of nitrogens with zero attached hydrogens (tertiary/aromatic N) is 4. The normalized spacial score (nSPS) is 28.5. The Bertz CT molecular complexity index is 998. The third kappa shape index (κ3) is 4.34. The van der Waals surface area contributed by atoms with Crippen molar-refractivity contribution in [3.8, 4) is 11.5 Å². The number of hydrogen-bond donors (Lipinski definition) is 2. The molecule has 2 aromatic heterocycles. The first-order valence-electron chi connectivity index (χ1n) is 11.3. The molecule has 11 heteroatoms. The fraction of sp³-hybridized carbons (Fsp3) is 0.591. The number of carbonyl (C=O) groups excluding carboxylic acids is 2. The van der Waals surface area contributed by atoms with E-state index in [1.165, 1.54) is 18.6 Å². The van der Waals surface area contributed by atoms with E-state index in [4.69, 9.17) is 20.8 Å². The van der Waals surface area contributed by atoms with Crippen LogP contribution in [0.4, 0.5) is 0 Å². The van der Waals surface area contributed by atoms with E-state index in [0.29, 0.717) is 5.56 Å². The first-order chi connectivity index (χ1) is 16.0. The Kier molecular flexibility index (Phi) is 6.31. The van der Waals surface area contributed by atoms with Crippen molar-refractivity contribution in [1.82, 2.24) is 25.4 Å². The Morgan fingerprint density at radius 1 is 1.21 bits per heavy atom. The number of nitrogens with one attached hydrogen (secondary N) is 1. The van der Waals surface area contributed by atoms with Gasteiger partial charge in [0.15, 0.2) is 0 Å². The first kappa shape index (κ1) is 22.2. The van der Waals surface area contributed by atoms with Crippen molar-refractivity contribution >= 4 is 23.4 Å². The predicted octanol–water partition coefficient (Wildman–Crippen LogP) is 1.39. The fourth-order valence-corrected chi connectivity index (χ4v) is 5.52. The van der Waals surface area contributed by atoms with E-state index in [-0.39, 0.29) is 36.6 Å². The summed E-state index contributed by atoms with van der Waals surface area (Å²) in [6.07, 6.45) is 7.93. The number of oxazole rings is 1. The average Bonchev–Trinajstić information content (AvgIpc) is 3.56. The van der Waals surface area contributed by atoms with Crippen molar-refractivity contribution in [1.29, 1.82) is 0 Å². The van der Waals surface area contributed by atoms with Crippen LogP contribution in [0.1, 0.15) is 42.7 Å². The number of rotatable bonds is 5. The summed E-state index contributed by atoms with van der Waals surface area (Å²) < 4.78 is 11.2. The van der Waals surface area contributed by atoms with E-state index in [2.05, 4.69) is 20.5 Å². The highest BCUT2D eigenvalue weighted by Gasteiger charge is 2.53. The van der Waals surface area contributed by atoms with Crippen LogP contribution in [-0.2, 0) is 9.53 Å². The van der Waals surface area contributed by atoms with Crippen molar-refractivity contribution in [2.45, 2.75) is 61.8 Å². The molecule has 3 aliphatic rings. The van der Waals surface area contributed by atoms with Gasteiger partial charge in [-0.2, -0.15) is 10.2 Å². The van der Waals surface area contributed by atoms with Crippen molar-refractivity contribution in [3.05, 3.63) is 30.4 Å². The Morgan fingerprint density at radius 2 is 2.03 bits per heavy atom. The molecule has 0 bridgehead atoms. The number of carbonyl (C=O) groups is 2. The Labute approximate surface area is 195 Å². The molecular weight excluding hydrogens is 450 g/mol. The van der Waals surface area contributed by atoms with Gasteiger partial charge in [0.1, 0.15) is 12.1 Å². The number of aliphatic hydroxyl groups excluding tert-OH is 1. The molecule has 0 aromatic carbocycles. The van der Waals surface area contributed by atoms with Gasteiger partial charge in [-0.1, -0.05) is 19.3 Å². The van der Waals surface area contributed by atoms with Crippen molar-refractivity contribution in [2.24, 2.45) is 5.92 Å². The maximum atomic E-state index is 13.7. The zero-order valence-electron chi connectivity index (χ0n) is 18.0. The molecule has 33 heavy (non-hydrogen) atoms. The second-order valence-corrected chi connectivity index (χ2v) is 9.43. The maximum Gasteiger partial charge on any atom is 0.289 e. The summed E-state index contributed by atoms with van der Waals surface area (Å²) in [5.74, 6) is -0.505. The molecular formula is C22H26ClN5O5. The Balaban J connectivity index is 1.36. The van der Waals surface area contributed by atoms with Crippen LogP contribution in [0.15, 0.2) is 29.1 Å². The van der Waals surface area contributed by atoms with Crippen LogP contribution in [0, 0.1) is 5.92 Å². The fourth-order valence-electron chi connectivity index (χ4n) is 5.15. The SMILES string of the molecule is O=C(N[C@H](C(=O)N1C[C@H](Cl)[C@H]2OC[C@H](O)[C@H]21)C1CCCCC1)c1cnc(-c2ccnnc2)o1. The van der Waals surface area contributed by atoms with Crippen LogP contribution in [0.5, 0.6) is 0 Å². The van der Waals surface area contributed by atoms with E-state index in [1.807, 2.05) is 0 Å². The third-order valence-corrected chi connectivity index (χ3v) is 7.18. The zero-order chi connectivity index (χ0) is 22.9. The highest BCUT2D eigenvalue weighted by Crippen LogP contribution is 2.35. The van der Waals surface area contributed by atoms with Crippen LogP contribution in [0.25, 0.3) is 11.5 Å². The van der Waals surface area contributed by atoms with Crippen LogP contribution < -0.4 is 5.32 Å². The number of aliphatic hydroxyl groups is 1. The summed E-state index contributed by atoms with van der Waals surface area (Å²) in [5.41, 5.74) is 0.593. The molecule has 0 spiro atoms. The van der Waals surface area contributed by atoms with Crippen LogP contribution >= 0.6 is 11.6 Å². The molecule has 1 saturated carbocycles. The highest BCUT2D eigenvalue weighted by molar-refractivity contribution is 6.21. The smallest absolute Gasteiger partial charge is 0.289 e. The average molecular weight is 476 g/mol. The van der Waals surface area contributed by atoms with Crippen molar-refractivity contribution < 1.29 is 23.8 Å². The summed E-state index contributed by atoms with van der Waals surface area (Å²) >= 11 is 6.42. The quantitative estimate of drug-likeness (QED) is 0.620. The van der Waals surface area contributed by atoms with Gasteiger partial charge < -0.3 is 24.5 Å². The van der Waals surface area contributed by atoms with Gasteiger partial charge in [-0.05, 0) is 24.8 Å². The van der Waals surface area contributed by atoms with Gasteiger partial charge in [-0.3, -0.25) is 9.59 Å². The number of amides is 2. The predicted molar refractivity (Wildman–Crippen MR) is 116 cm³/mol. The lowest BCUT2D eigenvalue weighted by molar-refractivity contribution is -0.137. The van der Waals surface area contributed by atoms with Gasteiger partial charge in [0, 0.05) is 6.54 Å². The minimum absolute atomic E-state index is 0.00530. The number of halogens is 1. The highest BCUT2D eigenvalue weighted by atomic mass is 35.5. The number of ether oxygens (including phenoxy) is 1. The topological polar surface area (TPSA) is 131 Å². The molecule has 5 atom stereocenters. The van der Waals surface area contributed by atoms with Crippen molar-refractivity contribution in [2.75, 3.05) is 13.2 Å². The van der Waals surface area contributed by atoms with E-state index in [1.54, 1.807) is 11.0 Å². The summed E-state index contributed by atoms with van der Waals surface area (Å²) in [6, 6.07) is 0.430. The second kappa shape index (κ2) is 9.36. The summed E-state index contributed by atoms with van der Waals surface area (Å²) in [6.45, 7) is 0.418. The molecule has 4 heterocycles. The molecule has 10 nitrogen and oxygen atoms in total. The number of likely N-dealkylation sites (tertiary alicyclic amines) is 1. The lowest BCUT2D eigenvalue weighted by Gasteiger charge is -2.35. The van der Waals surface area contributed by atoms with E-state index >= 15 is 0 Å². The minimum atomic E-state index is -0.795. The molecule has 5 rings (SSSR count). The molecule has 1 aliphatic carbocycles. The second-order valence-electron chi connectivity index (χ2n) is 8.87. The van der Waals surface area contributed by atoms with E-state index in [9.17, 15) is 14.7 Å². The van der Waals surface area contributed by atoms with Gasteiger partial charge >= 0.3 is 0 Å². The zero-order valence-corrected chi connectivity index (χ0v) is 18.7. The molecule has 2 aromatic rings. The van der Waals surface area contributed by atoms with E-state index in [0.717, 1.165) is 32.1 Å². The third-order valence-electron chi connectivity index (χ3n) is 6.80. The van der Waals surface area contributed by atoms with Gasteiger partial charge in [-0.15, -0.1) is 11.6 Å². The minimum Gasteiger partial charge on any atom is -0.431 e. The maximum absolute atomic E-state index is 13.7. The first-order valence-corrected chi connectivity index (χ1v) is 11.7. The summed E-state index contributed by atoms with van der Waals surface area (Å²) in [5, 5.41) is 20.4. The molecule has 2 N–H and O–H groups in total. The van der Waals surface area contributed by atoms with Gasteiger partial charge in [-0.25, -0.2) is 4.98 Å².